The van der Waals surface area contributed by atoms with Gasteiger partial charge in [-0.05, 0) is 12.1 Å². The molecule has 1 N–H and O–H groups in total. The van der Waals surface area contributed by atoms with Gasteiger partial charge < -0.3 is 24.6 Å². The third kappa shape index (κ3) is 4.68. The lowest BCUT2D eigenvalue weighted by atomic mass is 10.2. The normalized spacial score (nSPS) is 14.0. The van der Waals surface area contributed by atoms with Gasteiger partial charge in [0.1, 0.15) is 11.5 Å². The molecule has 2 heterocycles. The molecule has 8 nitrogen and oxygen atoms in total. The molecule has 1 aromatic carbocycles. The van der Waals surface area contributed by atoms with Gasteiger partial charge in [-0.3, -0.25) is 9.59 Å². The molecule has 0 spiro atoms. The SMILES string of the molecule is COc1ccc(OC)c(Nc2nc(CC(=O)N3CCN(C=O)CC3)cs2)c1. The lowest BCUT2D eigenvalue weighted by Gasteiger charge is -2.32. The number of carbonyl (C=O) groups excluding carboxylic acids is 2. The molecule has 2 aromatic rings. The van der Waals surface area contributed by atoms with Crippen LogP contribution in [0.5, 0.6) is 11.5 Å². The maximum absolute atomic E-state index is 12.4. The topological polar surface area (TPSA) is 84.0 Å². The second-order valence-corrected chi connectivity index (χ2v) is 6.89. The Hall–Kier alpha value is -2.81. The lowest BCUT2D eigenvalue weighted by molar-refractivity contribution is -0.134. The molecule has 0 aliphatic carbocycles. The van der Waals surface area contributed by atoms with E-state index in [1.54, 1.807) is 24.0 Å². The summed E-state index contributed by atoms with van der Waals surface area (Å²) in [6, 6.07) is 5.47. The van der Waals surface area contributed by atoms with Gasteiger partial charge in [0.05, 0.1) is 32.0 Å². The minimum absolute atomic E-state index is 0.0244. The summed E-state index contributed by atoms with van der Waals surface area (Å²) in [6.45, 7) is 2.28. The molecule has 27 heavy (non-hydrogen) atoms. The number of methoxy groups -OCH3 is 2. The van der Waals surface area contributed by atoms with Crippen LogP contribution in [0.2, 0.25) is 0 Å². The average Bonchev–Trinajstić information content (AvgIpc) is 3.14. The van der Waals surface area contributed by atoms with Gasteiger partial charge in [0.15, 0.2) is 5.13 Å². The predicted molar refractivity (Wildman–Crippen MR) is 103 cm³/mol. The Morgan fingerprint density at radius 2 is 2.04 bits per heavy atom. The van der Waals surface area contributed by atoms with E-state index in [4.69, 9.17) is 9.47 Å². The van der Waals surface area contributed by atoms with Crippen LogP contribution in [0.3, 0.4) is 0 Å². The van der Waals surface area contributed by atoms with Crippen LogP contribution in [0.25, 0.3) is 0 Å². The van der Waals surface area contributed by atoms with E-state index in [1.165, 1.54) is 11.3 Å². The van der Waals surface area contributed by atoms with E-state index in [1.807, 2.05) is 23.6 Å². The molecule has 1 aromatic heterocycles. The highest BCUT2D eigenvalue weighted by Gasteiger charge is 2.21. The number of hydrogen-bond acceptors (Lipinski definition) is 7. The number of benzene rings is 1. The fourth-order valence-corrected chi connectivity index (χ4v) is 3.54. The van der Waals surface area contributed by atoms with E-state index in [0.29, 0.717) is 48.5 Å². The Morgan fingerprint density at radius 3 is 2.70 bits per heavy atom. The zero-order valence-corrected chi connectivity index (χ0v) is 16.1. The Bertz CT molecular complexity index is 802. The number of aromatic nitrogens is 1. The number of carbonyl (C=O) groups is 2. The zero-order chi connectivity index (χ0) is 19.2. The Labute approximate surface area is 161 Å². The summed E-state index contributed by atoms with van der Waals surface area (Å²) in [5.74, 6) is 1.41. The molecular weight excluding hydrogens is 368 g/mol. The van der Waals surface area contributed by atoms with Crippen molar-refractivity contribution < 1.29 is 19.1 Å². The molecule has 1 fully saturated rings. The second-order valence-electron chi connectivity index (χ2n) is 6.03. The molecule has 2 amide bonds. The number of rotatable bonds is 7. The highest BCUT2D eigenvalue weighted by Crippen LogP contribution is 2.32. The summed E-state index contributed by atoms with van der Waals surface area (Å²) >= 11 is 1.43. The number of nitrogens with one attached hydrogen (secondary N) is 1. The van der Waals surface area contributed by atoms with E-state index in [2.05, 4.69) is 10.3 Å². The van der Waals surface area contributed by atoms with Crippen molar-refractivity contribution >= 4 is 34.5 Å². The average molecular weight is 390 g/mol. The van der Waals surface area contributed by atoms with Crippen LogP contribution in [-0.4, -0.2) is 67.5 Å². The van der Waals surface area contributed by atoms with E-state index in [0.717, 1.165) is 12.1 Å². The molecule has 144 valence electrons. The largest absolute Gasteiger partial charge is 0.497 e. The number of piperazine rings is 1. The lowest BCUT2D eigenvalue weighted by Crippen LogP contribution is -2.48. The standard InChI is InChI=1S/C18H22N4O4S/c1-25-14-3-4-16(26-2)15(10-14)20-18-19-13(11-27-18)9-17(24)22-7-5-21(12-23)6-8-22/h3-4,10-12H,5-9H2,1-2H3,(H,19,20). The van der Waals surface area contributed by atoms with Gasteiger partial charge in [-0.2, -0.15) is 0 Å². The van der Waals surface area contributed by atoms with E-state index < -0.39 is 0 Å². The van der Waals surface area contributed by atoms with Crippen molar-refractivity contribution in [2.45, 2.75) is 6.42 Å². The summed E-state index contributed by atoms with van der Waals surface area (Å²) in [5.41, 5.74) is 1.46. The van der Waals surface area contributed by atoms with E-state index in [9.17, 15) is 9.59 Å². The highest BCUT2D eigenvalue weighted by atomic mass is 32.1. The fourth-order valence-electron chi connectivity index (χ4n) is 2.82. The Morgan fingerprint density at radius 1 is 1.26 bits per heavy atom. The first-order valence-electron chi connectivity index (χ1n) is 8.53. The third-order valence-electron chi connectivity index (χ3n) is 4.35. The summed E-state index contributed by atoms with van der Waals surface area (Å²) in [6.07, 6.45) is 1.07. The zero-order valence-electron chi connectivity index (χ0n) is 15.3. The molecular formula is C18H22N4O4S. The van der Waals surface area contributed by atoms with Crippen molar-refractivity contribution in [1.82, 2.24) is 14.8 Å². The van der Waals surface area contributed by atoms with Gasteiger partial charge in [-0.1, -0.05) is 0 Å². The number of anilines is 2. The number of ether oxygens (including phenoxy) is 2. The molecule has 0 bridgehead atoms. The molecule has 0 radical (unpaired) electrons. The van der Waals surface area contributed by atoms with Gasteiger partial charge in [0.25, 0.3) is 0 Å². The number of hydrogen-bond donors (Lipinski definition) is 1. The molecule has 1 aliphatic heterocycles. The third-order valence-corrected chi connectivity index (χ3v) is 5.15. The molecule has 9 heteroatoms. The van der Waals surface area contributed by atoms with Crippen LogP contribution in [-0.2, 0) is 16.0 Å². The summed E-state index contributed by atoms with van der Waals surface area (Å²) in [5, 5.41) is 5.76. The minimum atomic E-state index is 0.0244. The van der Waals surface area contributed by atoms with E-state index in [-0.39, 0.29) is 12.3 Å². The number of nitrogens with zero attached hydrogens (tertiary/aromatic N) is 3. The number of amides is 2. The smallest absolute Gasteiger partial charge is 0.228 e. The quantitative estimate of drug-likeness (QED) is 0.725. The van der Waals surface area contributed by atoms with Crippen LogP contribution in [0.15, 0.2) is 23.6 Å². The first kappa shape index (κ1) is 19.0. The molecule has 3 rings (SSSR count). The van der Waals surface area contributed by atoms with Crippen molar-refractivity contribution in [2.24, 2.45) is 0 Å². The van der Waals surface area contributed by atoms with Gasteiger partial charge in [0, 0.05) is 37.6 Å². The summed E-state index contributed by atoms with van der Waals surface area (Å²) in [4.78, 5) is 31.1. The highest BCUT2D eigenvalue weighted by molar-refractivity contribution is 7.13. The molecule has 0 saturated carbocycles. The van der Waals surface area contributed by atoms with Crippen molar-refractivity contribution in [3.63, 3.8) is 0 Å². The van der Waals surface area contributed by atoms with Crippen molar-refractivity contribution in [2.75, 3.05) is 45.7 Å². The fraction of sp³-hybridized carbons (Fsp3) is 0.389. The van der Waals surface area contributed by atoms with Gasteiger partial charge in [0.2, 0.25) is 12.3 Å². The molecule has 0 atom stereocenters. The monoisotopic (exact) mass is 390 g/mol. The van der Waals surface area contributed by atoms with Crippen LogP contribution in [0, 0.1) is 0 Å². The predicted octanol–water partition coefficient (Wildman–Crippen LogP) is 1.75. The van der Waals surface area contributed by atoms with Gasteiger partial charge in [-0.15, -0.1) is 11.3 Å². The Balaban J connectivity index is 1.62. The van der Waals surface area contributed by atoms with Crippen LogP contribution in [0.1, 0.15) is 5.69 Å². The number of thiazole rings is 1. The first-order chi connectivity index (χ1) is 13.1. The van der Waals surface area contributed by atoms with Crippen molar-refractivity contribution in [1.29, 1.82) is 0 Å². The maximum Gasteiger partial charge on any atom is 0.228 e. The van der Waals surface area contributed by atoms with Crippen molar-refractivity contribution in [3.8, 4) is 11.5 Å². The van der Waals surface area contributed by atoms with E-state index >= 15 is 0 Å². The molecule has 1 aliphatic rings. The minimum Gasteiger partial charge on any atom is -0.497 e. The maximum atomic E-state index is 12.4. The van der Waals surface area contributed by atoms with Crippen LogP contribution in [0.4, 0.5) is 10.8 Å². The summed E-state index contributed by atoms with van der Waals surface area (Å²) < 4.78 is 10.6. The van der Waals surface area contributed by atoms with Gasteiger partial charge in [-0.25, -0.2) is 4.98 Å². The van der Waals surface area contributed by atoms with Gasteiger partial charge >= 0.3 is 0 Å². The second kappa shape index (κ2) is 8.72. The summed E-state index contributed by atoms with van der Waals surface area (Å²) in [7, 11) is 3.21. The first-order valence-corrected chi connectivity index (χ1v) is 9.41. The van der Waals surface area contributed by atoms with Crippen molar-refractivity contribution in [3.05, 3.63) is 29.3 Å². The molecule has 1 saturated heterocycles. The molecule has 0 unspecified atom stereocenters. The Kier molecular flexibility index (Phi) is 6.12. The van der Waals surface area contributed by atoms with Crippen LogP contribution >= 0.6 is 11.3 Å². The van der Waals surface area contributed by atoms with Crippen LogP contribution < -0.4 is 14.8 Å².